The molecular formula is C111H120N8O20S. The zero-order valence-electron chi connectivity index (χ0n) is 78.5. The molecule has 11 N–H and O–H groups in total. The first-order valence-electron chi connectivity index (χ1n) is 46.9. The maximum absolute atomic E-state index is 12.2. The summed E-state index contributed by atoms with van der Waals surface area (Å²) in [5, 5.41) is 56.3. The maximum atomic E-state index is 12.2. The van der Waals surface area contributed by atoms with Crippen molar-refractivity contribution in [2.45, 2.75) is 88.9 Å². The Morgan fingerprint density at radius 1 is 0.386 bits per heavy atom. The Hall–Kier alpha value is -13.5. The van der Waals surface area contributed by atoms with Crippen molar-refractivity contribution in [2.75, 3.05) is 125 Å². The Labute approximate surface area is 816 Å². The molecule has 3 heterocycles. The fraction of sp³-hybridized carbons (Fsp3) is 0.297. The SMILES string of the molecule is COCN.NCCOCCOCCNC(=O)COCc1c2ccccc2cc2ccccc12.O=C(CCCC[C@@H]1SC[C@@H]2NC(=O)N[C@@H]21)NCCOCCOCCNC(=O)COCc1c2ccccc2cc2ccccc12.O=C(COCc1c2ccccc2cc2ccccc12)ON1C(=O)CCC1=O.O=C(O)COCc1c2ccccc2cc2ccccc12.OCc1c2ccccc2cc2ccccc12. The predicted octanol–water partition coefficient (Wildman–Crippen LogP) is 15.9. The number of aliphatic hydroxyl groups excluding tert-OH is 1. The van der Waals surface area contributed by atoms with Gasteiger partial charge in [0.1, 0.15) is 26.4 Å². The van der Waals surface area contributed by atoms with Crippen molar-refractivity contribution in [3.8, 4) is 0 Å². The van der Waals surface area contributed by atoms with Crippen LogP contribution in [-0.4, -0.2) is 205 Å². The van der Waals surface area contributed by atoms with E-state index in [4.69, 9.17) is 59.3 Å². The lowest BCUT2D eigenvalue weighted by molar-refractivity contribution is -0.200. The number of methoxy groups -OCH3 is 1. The third-order valence-electron chi connectivity index (χ3n) is 23.6. The van der Waals surface area contributed by atoms with E-state index in [1.807, 2.05) is 169 Å². The molecule has 0 bridgehead atoms. The van der Waals surface area contributed by atoms with Crippen molar-refractivity contribution < 1.29 is 96.0 Å². The van der Waals surface area contributed by atoms with Crippen LogP contribution >= 0.6 is 11.8 Å². The van der Waals surface area contributed by atoms with Gasteiger partial charge in [-0.15, -0.1) is 5.06 Å². The summed E-state index contributed by atoms with van der Waals surface area (Å²) in [6, 6.07) is 92.6. The number of carboxylic acids is 1. The smallest absolute Gasteiger partial charge is 0.358 e. The van der Waals surface area contributed by atoms with E-state index in [0.717, 1.165) is 139 Å². The minimum atomic E-state index is -0.949. The highest BCUT2D eigenvalue weighted by Gasteiger charge is 2.42. The third kappa shape index (κ3) is 30.0. The lowest BCUT2D eigenvalue weighted by Crippen LogP contribution is -2.36. The number of carbonyl (C=O) groups is 8. The number of carbonyl (C=O) groups excluding carboxylic acids is 7. The lowest BCUT2D eigenvalue weighted by atomic mass is 9.97. The number of aliphatic carboxylic acids is 1. The Morgan fingerprint density at radius 2 is 0.686 bits per heavy atom. The molecule has 3 aliphatic rings. The number of urea groups is 1. The number of ether oxygens (including phenoxy) is 9. The minimum absolute atomic E-state index is 0.0111. The first kappa shape index (κ1) is 104. The molecule has 0 radical (unpaired) electrons. The summed E-state index contributed by atoms with van der Waals surface area (Å²) < 4.78 is 48.3. The van der Waals surface area contributed by atoms with E-state index in [2.05, 4.69) is 147 Å². The number of nitrogens with two attached hydrogens (primary N) is 2. The fourth-order valence-electron chi connectivity index (χ4n) is 17.1. The van der Waals surface area contributed by atoms with Crippen LogP contribution < -0.4 is 38.1 Å². The Bertz CT molecular complexity index is 6420. The van der Waals surface area contributed by atoms with Gasteiger partial charge in [0.15, 0.2) is 0 Å². The fourth-order valence-corrected chi connectivity index (χ4v) is 18.6. The second-order valence-corrected chi connectivity index (χ2v) is 34.4. The van der Waals surface area contributed by atoms with Crippen LogP contribution in [0.2, 0.25) is 0 Å². The number of unbranched alkanes of at least 4 members (excludes halogenated alkanes) is 1. The number of hydrogen-bond acceptors (Lipinski definition) is 22. The molecule has 15 aromatic rings. The van der Waals surface area contributed by atoms with E-state index >= 15 is 0 Å². The molecule has 730 valence electrons. The summed E-state index contributed by atoms with van der Waals surface area (Å²) in [5.41, 5.74) is 15.4. The summed E-state index contributed by atoms with van der Waals surface area (Å²) >= 11 is 1.90. The molecule has 3 aliphatic heterocycles. The topological polar surface area (TPSA) is 385 Å². The summed E-state index contributed by atoms with van der Waals surface area (Å²) in [6.07, 6.45) is 3.43. The highest BCUT2D eigenvalue weighted by atomic mass is 32.2. The van der Waals surface area contributed by atoms with Gasteiger partial charge >= 0.3 is 18.0 Å². The molecule has 3 atom stereocenters. The number of fused-ring (bicyclic) bond motifs is 11. The number of rotatable bonds is 41. The van der Waals surface area contributed by atoms with Crippen LogP contribution in [0.3, 0.4) is 0 Å². The zero-order chi connectivity index (χ0) is 98.0. The number of imide groups is 1. The van der Waals surface area contributed by atoms with Gasteiger partial charge in [0.05, 0.1) is 105 Å². The molecule has 29 heteroatoms. The van der Waals surface area contributed by atoms with Gasteiger partial charge in [-0.1, -0.05) is 249 Å². The van der Waals surface area contributed by atoms with Gasteiger partial charge in [-0.3, -0.25) is 24.0 Å². The third-order valence-corrected chi connectivity index (χ3v) is 25.1. The van der Waals surface area contributed by atoms with Gasteiger partial charge in [-0.05, 0) is 179 Å². The Balaban J connectivity index is 0.000000151. The Morgan fingerprint density at radius 3 is 1.00 bits per heavy atom. The molecule has 0 saturated carbocycles. The van der Waals surface area contributed by atoms with Crippen LogP contribution in [0.1, 0.15) is 66.3 Å². The molecule has 3 saturated heterocycles. The van der Waals surface area contributed by atoms with Gasteiger partial charge in [0.25, 0.3) is 11.8 Å². The molecule has 7 amide bonds. The molecule has 3 fully saturated rings. The van der Waals surface area contributed by atoms with Gasteiger partial charge in [0.2, 0.25) is 17.7 Å². The number of hydroxylamine groups is 2. The largest absolute Gasteiger partial charge is 0.480 e. The van der Waals surface area contributed by atoms with Crippen molar-refractivity contribution in [1.29, 1.82) is 0 Å². The van der Waals surface area contributed by atoms with Crippen molar-refractivity contribution in [1.82, 2.24) is 31.6 Å². The second kappa shape index (κ2) is 55.4. The lowest BCUT2D eigenvalue weighted by Gasteiger charge is -2.16. The zero-order valence-corrected chi connectivity index (χ0v) is 79.3. The van der Waals surface area contributed by atoms with E-state index in [1.165, 1.54) is 21.5 Å². The standard InChI is InChI=1S/C33H42N4O6S.C23H28N2O4.C21H17NO5.C17H14O3.C15H12O.C2H7NO/c38-30(12-6-5-11-29-32-28(22-44-29)36-33(40)37-32)34-13-15-41-17-18-42-16-14-35-31(39)21-43-20-27-25-9-3-1-7-23(25)19-24-8-2-4-10-26(24)27;24-9-11-27-13-14-28-12-10-25-23(26)17-29-16-22-20-7-3-1-5-18(20)15-19-6-2-4-8-21(19)22;23-19-9-10-20(24)22(19)27-21(25)13-26-12-18-16-7-3-1-5-14(16)11-15-6-2-4-8-17(15)18;18-17(19)11-20-10-16-14-7-3-1-5-12(14)9-13-6-2-4-8-15(13)16;16-10-15-13-7-3-1-5-11(13)9-12-6-2-4-8-14(12)15;1-4-2-3/h1-4,7-10,19,28-29,32H,5-6,11-18,20-22H2,(H,34,38)(H,35,39)(H2,36,37,40);1-8,15H,9-14,16-17,24H2,(H,25,26);1-8,11H,9-10,12-13H2;1-9H,10-11H2,(H,18,19);1-9,16H,10H2;2-3H2,1H3/t28-,29-,32-;;;;;/m0...../s1. The molecule has 18 rings (SSSR count). The van der Waals surface area contributed by atoms with Crippen LogP contribution in [0.15, 0.2) is 273 Å². The molecule has 15 aromatic carbocycles. The molecule has 0 unspecified atom stereocenters. The first-order valence-corrected chi connectivity index (χ1v) is 48.0. The molecule has 0 spiro atoms. The number of nitrogens with zero attached hydrogens (tertiary/aromatic N) is 1. The highest BCUT2D eigenvalue weighted by Crippen LogP contribution is 2.37. The number of thioether (sulfide) groups is 1. The number of amides is 7. The van der Waals surface area contributed by atoms with Gasteiger partial charge < -0.3 is 95.7 Å². The number of carboxylic acid groups (broad SMARTS) is 1. The summed E-state index contributed by atoms with van der Waals surface area (Å²) in [5.74, 6) is -2.09. The molecular weight excluding hydrogens is 1800 g/mol. The number of nitrogens with one attached hydrogen (secondary N) is 5. The van der Waals surface area contributed by atoms with Crippen molar-refractivity contribution in [3.05, 3.63) is 301 Å². The number of hydrogen-bond donors (Lipinski definition) is 9. The average Bonchev–Trinajstić information content (AvgIpc) is 1.33. The van der Waals surface area contributed by atoms with Gasteiger partial charge in [-0.25, -0.2) is 14.4 Å². The molecule has 140 heavy (non-hydrogen) atoms. The van der Waals surface area contributed by atoms with Crippen LogP contribution in [0.5, 0.6) is 0 Å². The van der Waals surface area contributed by atoms with E-state index in [9.17, 15) is 43.5 Å². The molecule has 28 nitrogen and oxygen atoms in total. The van der Waals surface area contributed by atoms with E-state index in [1.54, 1.807) is 7.11 Å². The van der Waals surface area contributed by atoms with Crippen molar-refractivity contribution in [2.24, 2.45) is 11.5 Å². The first-order chi connectivity index (χ1) is 68.6. The molecule has 0 aliphatic carbocycles. The normalized spacial score (nSPS) is 14.1. The van der Waals surface area contributed by atoms with Gasteiger partial charge in [-0.2, -0.15) is 11.8 Å². The van der Waals surface area contributed by atoms with E-state index in [-0.39, 0.29) is 88.3 Å². The predicted molar refractivity (Wildman–Crippen MR) is 548 cm³/mol. The summed E-state index contributed by atoms with van der Waals surface area (Å²) in [7, 11) is 1.56. The van der Waals surface area contributed by atoms with Crippen LogP contribution in [0.25, 0.3) is 108 Å². The summed E-state index contributed by atoms with van der Waals surface area (Å²) in [4.78, 5) is 98.1. The Kier molecular flexibility index (Phi) is 41.1. The van der Waals surface area contributed by atoms with Crippen LogP contribution in [0, 0.1) is 0 Å². The quantitative estimate of drug-likeness (QED) is 0.00565. The second-order valence-electron chi connectivity index (χ2n) is 33.2. The number of aliphatic hydroxyl groups is 1. The van der Waals surface area contributed by atoms with E-state index < -0.39 is 23.8 Å². The average molecular weight is 1920 g/mol. The van der Waals surface area contributed by atoms with Gasteiger partial charge in [0, 0.05) is 63.6 Å². The van der Waals surface area contributed by atoms with Crippen molar-refractivity contribution in [3.63, 3.8) is 0 Å². The highest BCUT2D eigenvalue weighted by molar-refractivity contribution is 8.00. The molecule has 0 aromatic heterocycles. The van der Waals surface area contributed by atoms with E-state index in [0.29, 0.717) is 122 Å². The number of benzene rings is 15. The van der Waals surface area contributed by atoms with Crippen LogP contribution in [0.4, 0.5) is 4.79 Å². The summed E-state index contributed by atoms with van der Waals surface area (Å²) in [6.45, 7) is 6.38. The van der Waals surface area contributed by atoms with Crippen molar-refractivity contribution >= 4 is 167 Å². The maximum Gasteiger partial charge on any atom is 0.358 e. The monoisotopic (exact) mass is 1920 g/mol. The minimum Gasteiger partial charge on any atom is -0.480 e. The van der Waals surface area contributed by atoms with Crippen LogP contribution in [-0.2, 0) is 114 Å².